The number of nitrogens with one attached hydrogen (secondary N) is 1. The zero-order valence-electron chi connectivity index (χ0n) is 13.4. The molecule has 2 aliphatic carbocycles. The van der Waals surface area contributed by atoms with Crippen molar-refractivity contribution in [3.05, 3.63) is 0 Å². The van der Waals surface area contributed by atoms with Gasteiger partial charge < -0.3 is 19.5 Å². The van der Waals surface area contributed by atoms with Crippen LogP contribution in [0.3, 0.4) is 0 Å². The molecular weight excluding hydrogens is 290 g/mol. The van der Waals surface area contributed by atoms with Crippen LogP contribution >= 0.6 is 0 Å². The van der Waals surface area contributed by atoms with Crippen molar-refractivity contribution in [1.82, 2.24) is 5.32 Å². The molecule has 22 heavy (non-hydrogen) atoms. The van der Waals surface area contributed by atoms with E-state index in [4.69, 9.17) is 14.2 Å². The van der Waals surface area contributed by atoms with E-state index in [2.05, 4.69) is 5.32 Å². The molecule has 2 saturated carbocycles. The third kappa shape index (κ3) is 3.90. The molecule has 0 saturated heterocycles. The Labute approximate surface area is 129 Å². The maximum absolute atomic E-state index is 12.1. The molecule has 0 spiro atoms. The number of hydrogen-bond donors (Lipinski definition) is 1. The van der Waals surface area contributed by atoms with Crippen LogP contribution in [0, 0.1) is 5.41 Å². The van der Waals surface area contributed by atoms with Crippen molar-refractivity contribution in [2.24, 2.45) is 5.41 Å². The Morgan fingerprint density at radius 1 is 1.18 bits per heavy atom. The molecule has 0 aromatic rings. The maximum atomic E-state index is 12.1. The standard InChI is InChI=1S/C15H23NO6/c1-5-20-11(17)15(6-7-15)12(18)21-10-8-9(10)16-13(19)22-14(2,3)4/h9-10H,5-8H2,1-4H3,(H,16,19)/t9-,10+/m1/s1. The molecule has 0 radical (unpaired) electrons. The first kappa shape index (κ1) is 16.6. The van der Waals surface area contributed by atoms with Gasteiger partial charge in [0.25, 0.3) is 0 Å². The second kappa shape index (κ2) is 5.78. The third-order valence-corrected chi connectivity index (χ3v) is 3.50. The van der Waals surface area contributed by atoms with Crippen molar-refractivity contribution in [2.45, 2.75) is 64.7 Å². The lowest BCUT2D eigenvalue weighted by Crippen LogP contribution is -2.36. The Balaban J connectivity index is 1.76. The van der Waals surface area contributed by atoms with E-state index in [1.54, 1.807) is 27.7 Å². The number of ether oxygens (including phenoxy) is 3. The summed E-state index contributed by atoms with van der Waals surface area (Å²) in [6, 6.07) is -0.253. The zero-order chi connectivity index (χ0) is 16.5. The van der Waals surface area contributed by atoms with Gasteiger partial charge in [-0.25, -0.2) is 4.79 Å². The van der Waals surface area contributed by atoms with Gasteiger partial charge in [-0.3, -0.25) is 9.59 Å². The van der Waals surface area contributed by atoms with Gasteiger partial charge in [-0.2, -0.15) is 0 Å². The van der Waals surface area contributed by atoms with Crippen molar-refractivity contribution in [3.63, 3.8) is 0 Å². The lowest BCUT2D eigenvalue weighted by Gasteiger charge is -2.19. The summed E-state index contributed by atoms with van der Waals surface area (Å²) >= 11 is 0. The number of carbonyl (C=O) groups is 3. The number of rotatable bonds is 5. The van der Waals surface area contributed by atoms with Crippen LogP contribution in [0.2, 0.25) is 0 Å². The average molecular weight is 313 g/mol. The van der Waals surface area contributed by atoms with Crippen LogP contribution in [0.25, 0.3) is 0 Å². The molecule has 0 unspecified atom stereocenters. The van der Waals surface area contributed by atoms with Crippen molar-refractivity contribution in [3.8, 4) is 0 Å². The highest BCUT2D eigenvalue weighted by molar-refractivity contribution is 6.03. The molecular formula is C15H23NO6. The molecule has 2 fully saturated rings. The second-order valence-electron chi connectivity index (χ2n) is 6.73. The molecule has 1 amide bonds. The fraction of sp³-hybridized carbons (Fsp3) is 0.800. The highest BCUT2D eigenvalue weighted by atomic mass is 16.6. The van der Waals surface area contributed by atoms with E-state index in [9.17, 15) is 14.4 Å². The smallest absolute Gasteiger partial charge is 0.408 e. The van der Waals surface area contributed by atoms with Crippen LogP contribution in [0.1, 0.15) is 47.0 Å². The van der Waals surface area contributed by atoms with Crippen LogP contribution in [-0.4, -0.2) is 42.4 Å². The summed E-state index contributed by atoms with van der Waals surface area (Å²) in [7, 11) is 0. The first-order valence-electron chi connectivity index (χ1n) is 7.56. The molecule has 2 aliphatic rings. The van der Waals surface area contributed by atoms with E-state index in [1.807, 2.05) is 0 Å². The van der Waals surface area contributed by atoms with Gasteiger partial charge in [0, 0.05) is 6.42 Å². The summed E-state index contributed by atoms with van der Waals surface area (Å²) in [6.45, 7) is 7.24. The van der Waals surface area contributed by atoms with Gasteiger partial charge in [0.05, 0.1) is 12.6 Å². The summed E-state index contributed by atoms with van der Waals surface area (Å²) in [5, 5.41) is 2.64. The van der Waals surface area contributed by atoms with Crippen LogP contribution in [-0.2, 0) is 23.8 Å². The van der Waals surface area contributed by atoms with E-state index in [-0.39, 0.29) is 12.6 Å². The van der Waals surface area contributed by atoms with Gasteiger partial charge in [0.2, 0.25) is 0 Å². The summed E-state index contributed by atoms with van der Waals surface area (Å²) < 4.78 is 15.3. The largest absolute Gasteiger partial charge is 0.465 e. The second-order valence-corrected chi connectivity index (χ2v) is 6.73. The highest BCUT2D eigenvalue weighted by Crippen LogP contribution is 2.49. The molecule has 7 heteroatoms. The first-order valence-corrected chi connectivity index (χ1v) is 7.56. The number of amides is 1. The fourth-order valence-corrected chi connectivity index (χ4v) is 2.05. The molecule has 124 valence electrons. The Kier molecular flexibility index (Phi) is 4.35. The van der Waals surface area contributed by atoms with Crippen molar-refractivity contribution in [2.75, 3.05) is 6.61 Å². The maximum Gasteiger partial charge on any atom is 0.408 e. The lowest BCUT2D eigenvalue weighted by molar-refractivity contribution is -0.165. The van der Waals surface area contributed by atoms with Gasteiger partial charge in [-0.1, -0.05) is 0 Å². The van der Waals surface area contributed by atoms with Crippen LogP contribution < -0.4 is 5.32 Å². The van der Waals surface area contributed by atoms with Gasteiger partial charge in [-0.15, -0.1) is 0 Å². The van der Waals surface area contributed by atoms with Crippen molar-refractivity contribution < 1.29 is 28.6 Å². The van der Waals surface area contributed by atoms with E-state index in [1.165, 1.54) is 0 Å². The summed E-state index contributed by atoms with van der Waals surface area (Å²) in [5.41, 5.74) is -1.69. The third-order valence-electron chi connectivity index (χ3n) is 3.50. The summed E-state index contributed by atoms with van der Waals surface area (Å²) in [4.78, 5) is 35.5. The Morgan fingerprint density at radius 2 is 1.82 bits per heavy atom. The molecule has 0 bridgehead atoms. The highest BCUT2D eigenvalue weighted by Gasteiger charge is 2.61. The molecule has 1 N–H and O–H groups in total. The predicted octanol–water partition coefficient (Wildman–Crippen LogP) is 1.54. The quantitative estimate of drug-likeness (QED) is 0.470. The molecule has 0 aromatic carbocycles. The lowest BCUT2D eigenvalue weighted by atomic mass is 10.1. The molecule has 2 rings (SSSR count). The predicted molar refractivity (Wildman–Crippen MR) is 76.0 cm³/mol. The molecule has 0 heterocycles. The summed E-state index contributed by atoms with van der Waals surface area (Å²) in [6.07, 6.45) is 0.516. The van der Waals surface area contributed by atoms with Crippen LogP contribution in [0.5, 0.6) is 0 Å². The Hall–Kier alpha value is -1.79. The zero-order valence-corrected chi connectivity index (χ0v) is 13.4. The SMILES string of the molecule is CCOC(=O)C1(C(=O)O[C@H]2C[C@H]2NC(=O)OC(C)(C)C)CC1. The minimum atomic E-state index is -1.12. The number of carbonyl (C=O) groups excluding carboxylic acids is 3. The molecule has 0 aromatic heterocycles. The minimum absolute atomic E-state index is 0.236. The summed E-state index contributed by atoms with van der Waals surface area (Å²) in [5.74, 6) is -1.07. The normalized spacial score (nSPS) is 24.9. The topological polar surface area (TPSA) is 90.9 Å². The van der Waals surface area contributed by atoms with Gasteiger partial charge in [0.1, 0.15) is 11.7 Å². The first-order chi connectivity index (χ1) is 10.2. The van der Waals surface area contributed by atoms with E-state index in [0.717, 1.165) is 0 Å². The molecule has 0 aliphatic heterocycles. The number of alkyl carbamates (subject to hydrolysis) is 1. The average Bonchev–Trinajstić information content (AvgIpc) is 3.23. The minimum Gasteiger partial charge on any atom is -0.465 e. The van der Waals surface area contributed by atoms with Gasteiger partial charge >= 0.3 is 18.0 Å². The Bertz CT molecular complexity index is 477. The molecule has 2 atom stereocenters. The Morgan fingerprint density at radius 3 is 2.32 bits per heavy atom. The van der Waals surface area contributed by atoms with Crippen molar-refractivity contribution in [1.29, 1.82) is 0 Å². The van der Waals surface area contributed by atoms with Crippen molar-refractivity contribution >= 4 is 18.0 Å². The monoisotopic (exact) mass is 313 g/mol. The molecule has 7 nitrogen and oxygen atoms in total. The fourth-order valence-electron chi connectivity index (χ4n) is 2.05. The number of hydrogen-bond acceptors (Lipinski definition) is 6. The van der Waals surface area contributed by atoms with E-state index >= 15 is 0 Å². The number of esters is 2. The van der Waals surface area contributed by atoms with Gasteiger partial charge in [-0.05, 0) is 40.5 Å². The van der Waals surface area contributed by atoms with E-state index in [0.29, 0.717) is 19.3 Å². The van der Waals surface area contributed by atoms with E-state index < -0.39 is 35.2 Å². The van der Waals surface area contributed by atoms with Crippen LogP contribution in [0.4, 0.5) is 4.79 Å². The van der Waals surface area contributed by atoms with Gasteiger partial charge in [0.15, 0.2) is 5.41 Å². The van der Waals surface area contributed by atoms with Crippen LogP contribution in [0.15, 0.2) is 0 Å².